The van der Waals surface area contributed by atoms with Gasteiger partial charge in [0.25, 0.3) is 0 Å². The molecule has 2 atom stereocenters. The molecule has 0 aliphatic rings. The topological polar surface area (TPSA) is 78.4 Å². The Morgan fingerprint density at radius 1 is 1.30 bits per heavy atom. The summed E-state index contributed by atoms with van der Waals surface area (Å²) in [6, 6.07) is 7.16. The van der Waals surface area contributed by atoms with Gasteiger partial charge in [0.1, 0.15) is 0 Å². The van der Waals surface area contributed by atoms with Crippen LogP contribution in [-0.2, 0) is 9.59 Å². The van der Waals surface area contributed by atoms with E-state index < -0.39 is 5.60 Å². The van der Waals surface area contributed by atoms with Gasteiger partial charge in [-0.25, -0.2) is 0 Å². The zero-order valence-electron chi connectivity index (χ0n) is 14.2. The quantitative estimate of drug-likeness (QED) is 0.676. The van der Waals surface area contributed by atoms with Crippen molar-refractivity contribution in [1.82, 2.24) is 5.32 Å². The highest BCUT2D eigenvalue weighted by molar-refractivity contribution is 5.92. The zero-order valence-corrected chi connectivity index (χ0v) is 14.2. The van der Waals surface area contributed by atoms with E-state index >= 15 is 0 Å². The number of rotatable bonds is 7. The van der Waals surface area contributed by atoms with Crippen LogP contribution in [0.3, 0.4) is 0 Å². The van der Waals surface area contributed by atoms with E-state index in [-0.39, 0.29) is 24.3 Å². The summed E-state index contributed by atoms with van der Waals surface area (Å²) in [4.78, 5) is 22.8. The second-order valence-corrected chi connectivity index (χ2v) is 6.02. The van der Waals surface area contributed by atoms with E-state index in [1.165, 1.54) is 13.0 Å². The van der Waals surface area contributed by atoms with Crippen molar-refractivity contribution in [2.75, 3.05) is 11.9 Å². The van der Waals surface area contributed by atoms with E-state index in [1.807, 2.05) is 26.0 Å². The summed E-state index contributed by atoms with van der Waals surface area (Å²) in [7, 11) is 0. The van der Waals surface area contributed by atoms with Crippen molar-refractivity contribution in [1.29, 1.82) is 0 Å². The fourth-order valence-electron chi connectivity index (χ4n) is 1.99. The molecule has 1 aromatic carbocycles. The highest BCUT2D eigenvalue weighted by atomic mass is 16.3. The van der Waals surface area contributed by atoms with Gasteiger partial charge < -0.3 is 15.7 Å². The van der Waals surface area contributed by atoms with E-state index in [2.05, 4.69) is 10.6 Å². The van der Waals surface area contributed by atoms with Crippen LogP contribution < -0.4 is 10.6 Å². The van der Waals surface area contributed by atoms with Gasteiger partial charge in [0, 0.05) is 25.2 Å². The molecule has 0 bridgehead atoms. The van der Waals surface area contributed by atoms with Gasteiger partial charge in [-0.05, 0) is 36.6 Å². The Morgan fingerprint density at radius 3 is 2.43 bits per heavy atom. The molecule has 0 aliphatic heterocycles. The highest BCUT2D eigenvalue weighted by Crippen LogP contribution is 2.18. The molecule has 0 saturated carbocycles. The first kappa shape index (κ1) is 18.9. The van der Waals surface area contributed by atoms with Crippen molar-refractivity contribution < 1.29 is 14.7 Å². The zero-order chi connectivity index (χ0) is 17.5. The Kier molecular flexibility index (Phi) is 6.97. The Labute approximate surface area is 137 Å². The van der Waals surface area contributed by atoms with Gasteiger partial charge in [-0.1, -0.05) is 32.4 Å². The number of carbonyl (C=O) groups is 2. The molecule has 0 aromatic heterocycles. The summed E-state index contributed by atoms with van der Waals surface area (Å²) < 4.78 is 0. The Hall–Kier alpha value is -2.14. The number of aliphatic hydroxyl groups is 1. The molecule has 1 rings (SSSR count). The average molecular weight is 318 g/mol. The average Bonchev–Trinajstić information content (AvgIpc) is 2.51. The number of hydrogen-bond donors (Lipinski definition) is 3. The Balaban J connectivity index is 2.53. The Morgan fingerprint density at radius 2 is 1.91 bits per heavy atom. The van der Waals surface area contributed by atoms with Crippen LogP contribution >= 0.6 is 0 Å². The highest BCUT2D eigenvalue weighted by Gasteiger charge is 2.26. The third kappa shape index (κ3) is 6.65. The molecule has 2 unspecified atom stereocenters. The smallest absolute Gasteiger partial charge is 0.244 e. The van der Waals surface area contributed by atoms with Crippen molar-refractivity contribution in [2.45, 2.75) is 39.7 Å². The fourth-order valence-corrected chi connectivity index (χ4v) is 1.99. The van der Waals surface area contributed by atoms with Gasteiger partial charge in [0.15, 0.2) is 0 Å². The van der Waals surface area contributed by atoms with Crippen molar-refractivity contribution >= 4 is 23.6 Å². The molecule has 5 nitrogen and oxygen atoms in total. The molecular weight excluding hydrogens is 292 g/mol. The van der Waals surface area contributed by atoms with Gasteiger partial charge >= 0.3 is 0 Å². The van der Waals surface area contributed by atoms with Crippen LogP contribution in [0.1, 0.15) is 39.7 Å². The van der Waals surface area contributed by atoms with Crippen molar-refractivity contribution in [3.63, 3.8) is 0 Å². The maximum absolute atomic E-state index is 11.8. The van der Waals surface area contributed by atoms with E-state index in [0.29, 0.717) is 5.69 Å². The number of benzene rings is 1. The fraction of sp³-hybridized carbons (Fsp3) is 0.444. The van der Waals surface area contributed by atoms with Gasteiger partial charge in [-0.3, -0.25) is 9.59 Å². The molecule has 0 spiro atoms. The molecule has 23 heavy (non-hydrogen) atoms. The van der Waals surface area contributed by atoms with Crippen LogP contribution in [0.15, 0.2) is 30.3 Å². The number of anilines is 1. The molecular formula is C18H26N2O3. The monoisotopic (exact) mass is 318 g/mol. The maximum atomic E-state index is 11.8. The molecule has 0 aliphatic carbocycles. The van der Waals surface area contributed by atoms with E-state index in [1.54, 1.807) is 25.1 Å². The summed E-state index contributed by atoms with van der Waals surface area (Å²) in [5.41, 5.74) is 0.643. The lowest BCUT2D eigenvalue weighted by Gasteiger charge is -2.29. The number of carbonyl (C=O) groups excluding carboxylic acids is 2. The normalized spacial score (nSPS) is 15.0. The van der Waals surface area contributed by atoms with Gasteiger partial charge in [-0.15, -0.1) is 0 Å². The second-order valence-electron chi connectivity index (χ2n) is 6.02. The first-order valence-electron chi connectivity index (χ1n) is 7.80. The van der Waals surface area contributed by atoms with E-state index in [9.17, 15) is 14.7 Å². The lowest BCUT2D eigenvalue weighted by atomic mass is 9.89. The summed E-state index contributed by atoms with van der Waals surface area (Å²) in [5, 5.41) is 15.6. The Bertz CT molecular complexity index is 562. The molecule has 126 valence electrons. The molecule has 0 radical (unpaired) electrons. The van der Waals surface area contributed by atoms with Crippen molar-refractivity contribution in [2.24, 2.45) is 5.92 Å². The largest absolute Gasteiger partial charge is 0.388 e. The molecule has 0 heterocycles. The van der Waals surface area contributed by atoms with Crippen LogP contribution in [0.2, 0.25) is 0 Å². The summed E-state index contributed by atoms with van der Waals surface area (Å²) in [6.07, 6.45) is 3.96. The van der Waals surface area contributed by atoms with Crippen LogP contribution in [-0.4, -0.2) is 29.1 Å². The summed E-state index contributed by atoms with van der Waals surface area (Å²) in [5.74, 6) is -0.270. The van der Waals surface area contributed by atoms with Crippen molar-refractivity contribution in [3.05, 3.63) is 35.9 Å². The minimum atomic E-state index is -0.918. The third-order valence-corrected chi connectivity index (χ3v) is 3.95. The first-order valence-corrected chi connectivity index (χ1v) is 7.80. The van der Waals surface area contributed by atoms with Crippen LogP contribution in [0, 0.1) is 5.92 Å². The third-order valence-electron chi connectivity index (χ3n) is 3.95. The minimum absolute atomic E-state index is 0.105. The maximum Gasteiger partial charge on any atom is 0.244 e. The van der Waals surface area contributed by atoms with E-state index in [0.717, 1.165) is 12.0 Å². The lowest BCUT2D eigenvalue weighted by molar-refractivity contribution is -0.118. The number of hydrogen-bond acceptors (Lipinski definition) is 3. The predicted octanol–water partition coefficient (Wildman–Crippen LogP) is 2.57. The summed E-state index contributed by atoms with van der Waals surface area (Å²) in [6.45, 7) is 7.36. The second kappa shape index (κ2) is 8.48. The molecule has 0 fully saturated rings. The van der Waals surface area contributed by atoms with Crippen LogP contribution in [0.4, 0.5) is 5.69 Å². The van der Waals surface area contributed by atoms with Gasteiger partial charge in [0.05, 0.1) is 5.60 Å². The van der Waals surface area contributed by atoms with Gasteiger partial charge in [-0.2, -0.15) is 0 Å². The van der Waals surface area contributed by atoms with Crippen LogP contribution in [0.5, 0.6) is 0 Å². The SMILES string of the molecule is CCC(C)C(C)(O)CNC(=O)C=Cc1ccc(NC(C)=O)cc1. The van der Waals surface area contributed by atoms with Crippen LogP contribution in [0.25, 0.3) is 6.08 Å². The number of amides is 2. The number of nitrogens with one attached hydrogen (secondary N) is 2. The lowest BCUT2D eigenvalue weighted by Crippen LogP contribution is -2.44. The molecule has 1 aromatic rings. The van der Waals surface area contributed by atoms with E-state index in [4.69, 9.17) is 0 Å². The van der Waals surface area contributed by atoms with Gasteiger partial charge in [0.2, 0.25) is 11.8 Å². The standard InChI is InChI=1S/C18H26N2O3/c1-5-13(2)18(4,23)12-19-17(22)11-8-15-6-9-16(10-7-15)20-14(3)21/h6-11,13,23H,5,12H2,1-4H3,(H,19,22)(H,20,21). The molecule has 2 amide bonds. The van der Waals surface area contributed by atoms with Crippen molar-refractivity contribution in [3.8, 4) is 0 Å². The molecule has 0 saturated heterocycles. The molecule has 3 N–H and O–H groups in total. The predicted molar refractivity (Wildman–Crippen MR) is 92.9 cm³/mol. The molecule has 5 heteroatoms. The minimum Gasteiger partial charge on any atom is -0.388 e. The first-order chi connectivity index (χ1) is 10.7. The summed E-state index contributed by atoms with van der Waals surface area (Å²) >= 11 is 0.